The van der Waals surface area contributed by atoms with Gasteiger partial charge in [0.15, 0.2) is 0 Å². The molecule has 0 heterocycles. The van der Waals surface area contributed by atoms with E-state index in [9.17, 15) is 18.4 Å². The number of hydrogen-bond acceptors (Lipinski definition) is 3. The molecule has 7 heteroatoms. The number of hydrogen-bond donors (Lipinski definition) is 2. The fourth-order valence-corrected chi connectivity index (χ4v) is 2.91. The van der Waals surface area contributed by atoms with E-state index in [1.807, 2.05) is 0 Å². The second-order valence-corrected chi connectivity index (χ2v) is 6.47. The fraction of sp³-hybridized carbons (Fsp3) is 0.300. The van der Waals surface area contributed by atoms with Crippen molar-refractivity contribution in [2.45, 2.75) is 25.2 Å². The van der Waals surface area contributed by atoms with Crippen LogP contribution in [0.15, 0.2) is 42.5 Å². The van der Waals surface area contributed by atoms with E-state index in [-0.39, 0.29) is 24.2 Å². The van der Waals surface area contributed by atoms with Crippen LogP contribution < -0.4 is 10.1 Å². The molecule has 0 aliphatic heterocycles. The van der Waals surface area contributed by atoms with Gasteiger partial charge in [-0.1, -0.05) is 6.07 Å². The first kappa shape index (κ1) is 18.8. The van der Waals surface area contributed by atoms with Gasteiger partial charge in [0.1, 0.15) is 17.4 Å². The summed E-state index contributed by atoms with van der Waals surface area (Å²) in [6.07, 6.45) is 0.987. The summed E-state index contributed by atoms with van der Waals surface area (Å²) in [4.78, 5) is 22.7. The molecule has 1 fully saturated rings. The number of aliphatic carboxylic acids is 1. The SMILES string of the molecule is O=C(O)CCCOc1ccc(NC(=O)C2CC2c2ccc(F)cc2F)cc1. The Bertz CT molecular complexity index is 838. The van der Waals surface area contributed by atoms with Gasteiger partial charge in [0.25, 0.3) is 0 Å². The zero-order valence-electron chi connectivity index (χ0n) is 14.5. The number of carboxylic acid groups (broad SMARTS) is 1. The van der Waals surface area contributed by atoms with Crippen LogP contribution in [0, 0.1) is 17.6 Å². The summed E-state index contributed by atoms with van der Waals surface area (Å²) >= 11 is 0. The minimum absolute atomic E-state index is 0.0470. The topological polar surface area (TPSA) is 75.6 Å². The third-order valence-corrected chi connectivity index (χ3v) is 4.41. The molecule has 0 saturated heterocycles. The lowest BCUT2D eigenvalue weighted by atomic mass is 10.1. The molecule has 2 N–H and O–H groups in total. The number of carboxylic acids is 1. The average molecular weight is 375 g/mol. The summed E-state index contributed by atoms with van der Waals surface area (Å²) in [5.74, 6) is -2.33. The molecular formula is C20H19F2NO4. The van der Waals surface area contributed by atoms with E-state index in [1.165, 1.54) is 12.1 Å². The second-order valence-electron chi connectivity index (χ2n) is 6.47. The van der Waals surface area contributed by atoms with Crippen molar-refractivity contribution in [3.05, 3.63) is 59.7 Å². The molecule has 5 nitrogen and oxygen atoms in total. The molecule has 2 aromatic rings. The predicted octanol–water partition coefficient (Wildman–Crippen LogP) is 3.95. The van der Waals surface area contributed by atoms with Crippen molar-refractivity contribution in [2.75, 3.05) is 11.9 Å². The van der Waals surface area contributed by atoms with Gasteiger partial charge in [-0.15, -0.1) is 0 Å². The van der Waals surface area contributed by atoms with Gasteiger partial charge in [-0.05, 0) is 54.7 Å². The normalized spacial score (nSPS) is 18.0. The zero-order chi connectivity index (χ0) is 19.4. The second kappa shape index (κ2) is 8.16. The first-order valence-corrected chi connectivity index (χ1v) is 8.64. The first-order valence-electron chi connectivity index (χ1n) is 8.64. The van der Waals surface area contributed by atoms with E-state index in [0.717, 1.165) is 6.07 Å². The number of carbonyl (C=O) groups excluding carboxylic acids is 1. The Morgan fingerprint density at radius 2 is 1.89 bits per heavy atom. The van der Waals surface area contributed by atoms with Gasteiger partial charge >= 0.3 is 5.97 Å². The Morgan fingerprint density at radius 3 is 2.56 bits per heavy atom. The highest BCUT2D eigenvalue weighted by molar-refractivity contribution is 5.95. The number of ether oxygens (including phenoxy) is 1. The van der Waals surface area contributed by atoms with Gasteiger partial charge in [0.2, 0.25) is 5.91 Å². The van der Waals surface area contributed by atoms with Gasteiger partial charge in [-0.2, -0.15) is 0 Å². The highest BCUT2D eigenvalue weighted by Gasteiger charge is 2.45. The third-order valence-electron chi connectivity index (χ3n) is 4.41. The summed E-state index contributed by atoms with van der Waals surface area (Å²) in [6.45, 7) is 0.297. The minimum atomic E-state index is -0.865. The molecule has 0 bridgehead atoms. The highest BCUT2D eigenvalue weighted by atomic mass is 19.1. The summed E-state index contributed by atoms with van der Waals surface area (Å²) < 4.78 is 32.2. The molecule has 2 unspecified atom stereocenters. The smallest absolute Gasteiger partial charge is 0.303 e. The number of halogens is 2. The lowest BCUT2D eigenvalue weighted by molar-refractivity contribution is -0.137. The molecule has 27 heavy (non-hydrogen) atoms. The number of anilines is 1. The van der Waals surface area contributed by atoms with Crippen molar-refractivity contribution in [1.29, 1.82) is 0 Å². The van der Waals surface area contributed by atoms with Crippen molar-refractivity contribution >= 4 is 17.6 Å². The van der Waals surface area contributed by atoms with Crippen LogP contribution in [0.25, 0.3) is 0 Å². The molecule has 3 rings (SSSR count). The number of carbonyl (C=O) groups is 2. The molecule has 142 valence electrons. The van der Waals surface area contributed by atoms with E-state index in [0.29, 0.717) is 36.4 Å². The number of amides is 1. The molecule has 0 radical (unpaired) electrons. The van der Waals surface area contributed by atoms with Crippen LogP contribution in [0.4, 0.5) is 14.5 Å². The molecule has 2 aromatic carbocycles. The standard InChI is InChI=1S/C20H19F2NO4/c21-12-3-8-15(18(22)10-12)16-11-17(16)20(26)23-13-4-6-14(7-5-13)27-9-1-2-19(24)25/h3-8,10,16-17H,1-2,9,11H2,(H,23,26)(H,24,25). The summed E-state index contributed by atoms with van der Waals surface area (Å²) in [5.41, 5.74) is 0.949. The van der Waals surface area contributed by atoms with Crippen LogP contribution in [-0.2, 0) is 9.59 Å². The van der Waals surface area contributed by atoms with Crippen molar-refractivity contribution in [2.24, 2.45) is 5.92 Å². The Morgan fingerprint density at radius 1 is 1.15 bits per heavy atom. The first-order chi connectivity index (χ1) is 12.9. The fourth-order valence-electron chi connectivity index (χ4n) is 2.91. The van der Waals surface area contributed by atoms with Crippen LogP contribution in [0.3, 0.4) is 0 Å². The van der Waals surface area contributed by atoms with E-state index >= 15 is 0 Å². The predicted molar refractivity (Wildman–Crippen MR) is 94.6 cm³/mol. The van der Waals surface area contributed by atoms with Crippen molar-refractivity contribution in [3.63, 3.8) is 0 Å². The Kier molecular flexibility index (Phi) is 5.69. The van der Waals surface area contributed by atoms with Crippen molar-refractivity contribution < 1.29 is 28.2 Å². The molecule has 1 saturated carbocycles. The monoisotopic (exact) mass is 375 g/mol. The average Bonchev–Trinajstić information content (AvgIpc) is 3.40. The van der Waals surface area contributed by atoms with Crippen LogP contribution in [0.1, 0.15) is 30.7 Å². The summed E-state index contributed by atoms with van der Waals surface area (Å²) in [5, 5.41) is 11.3. The summed E-state index contributed by atoms with van der Waals surface area (Å²) in [6, 6.07) is 10.1. The van der Waals surface area contributed by atoms with E-state index in [4.69, 9.17) is 9.84 Å². The number of benzene rings is 2. The molecule has 1 aliphatic carbocycles. The number of nitrogens with one attached hydrogen (secondary N) is 1. The Balaban J connectivity index is 1.49. The molecule has 0 aromatic heterocycles. The molecule has 2 atom stereocenters. The Hall–Kier alpha value is -2.96. The van der Waals surface area contributed by atoms with E-state index in [1.54, 1.807) is 24.3 Å². The maximum atomic E-state index is 13.8. The lowest BCUT2D eigenvalue weighted by Gasteiger charge is -2.08. The van der Waals surface area contributed by atoms with Gasteiger partial charge in [0, 0.05) is 24.1 Å². The van der Waals surface area contributed by atoms with Gasteiger partial charge in [0.05, 0.1) is 6.61 Å². The van der Waals surface area contributed by atoms with Gasteiger partial charge in [-0.3, -0.25) is 9.59 Å². The van der Waals surface area contributed by atoms with E-state index < -0.39 is 17.6 Å². The molecule has 1 aliphatic rings. The van der Waals surface area contributed by atoms with Crippen molar-refractivity contribution in [1.82, 2.24) is 0 Å². The maximum Gasteiger partial charge on any atom is 0.303 e. The molecular weight excluding hydrogens is 356 g/mol. The van der Waals surface area contributed by atoms with E-state index in [2.05, 4.69) is 5.32 Å². The largest absolute Gasteiger partial charge is 0.494 e. The maximum absolute atomic E-state index is 13.8. The van der Waals surface area contributed by atoms with Crippen LogP contribution >= 0.6 is 0 Å². The van der Waals surface area contributed by atoms with Crippen molar-refractivity contribution in [3.8, 4) is 5.75 Å². The zero-order valence-corrected chi connectivity index (χ0v) is 14.5. The molecule has 1 amide bonds. The summed E-state index contributed by atoms with van der Waals surface area (Å²) in [7, 11) is 0. The Labute approximate surface area is 155 Å². The van der Waals surface area contributed by atoms with Gasteiger partial charge in [-0.25, -0.2) is 8.78 Å². The molecule has 0 spiro atoms. The van der Waals surface area contributed by atoms with Crippen LogP contribution in [0.2, 0.25) is 0 Å². The lowest BCUT2D eigenvalue weighted by Crippen LogP contribution is -2.14. The minimum Gasteiger partial charge on any atom is -0.494 e. The van der Waals surface area contributed by atoms with Gasteiger partial charge < -0.3 is 15.2 Å². The quantitative estimate of drug-likeness (QED) is 0.685. The highest BCUT2D eigenvalue weighted by Crippen LogP contribution is 2.48. The van der Waals surface area contributed by atoms with Crippen LogP contribution in [0.5, 0.6) is 5.75 Å². The number of rotatable bonds is 8. The third kappa shape index (κ3) is 5.03. The van der Waals surface area contributed by atoms with Crippen LogP contribution in [-0.4, -0.2) is 23.6 Å².